The second-order valence-electron chi connectivity index (χ2n) is 5.60. The second-order valence-corrected chi connectivity index (χ2v) is 7.72. The van der Waals surface area contributed by atoms with Crippen LogP contribution in [-0.2, 0) is 10.0 Å². The number of sulfonamides is 1. The highest BCUT2D eigenvalue weighted by Crippen LogP contribution is 2.24. The molecule has 0 saturated heterocycles. The Balaban J connectivity index is 1.60. The van der Waals surface area contributed by atoms with Crippen LogP contribution in [0.4, 0.5) is 11.5 Å². The quantitative estimate of drug-likeness (QED) is 0.269. The number of pyridine rings is 1. The van der Waals surface area contributed by atoms with E-state index in [0.717, 1.165) is 22.9 Å². The first-order chi connectivity index (χ1) is 12.9. The number of halogens is 1. The molecule has 1 aromatic heterocycles. The van der Waals surface area contributed by atoms with E-state index in [4.69, 9.17) is 11.6 Å². The molecule has 0 radical (unpaired) electrons. The van der Waals surface area contributed by atoms with Gasteiger partial charge < -0.3 is 5.32 Å². The van der Waals surface area contributed by atoms with Crippen LogP contribution in [-0.4, -0.2) is 31.4 Å². The van der Waals surface area contributed by atoms with Gasteiger partial charge >= 0.3 is 0 Å². The topological polar surface area (TPSA) is 114 Å². The fourth-order valence-corrected chi connectivity index (χ4v) is 3.75. The Morgan fingerprint density at radius 2 is 1.78 bits per heavy atom. The molecule has 2 N–H and O–H groups in total. The zero-order valence-corrected chi connectivity index (χ0v) is 15.5. The standard InChI is InChI=1S/C17H15ClN4O4S/c18-17-15-4-2-1-3-12(15)11-16(21-17)19-9-10-20-27(25,26)14-7-5-13(6-8-14)22(23)24/h1-8,11,20H,9-10H2,(H,19,21). The van der Waals surface area contributed by atoms with Gasteiger partial charge in [-0.15, -0.1) is 0 Å². The van der Waals surface area contributed by atoms with E-state index in [9.17, 15) is 18.5 Å². The maximum Gasteiger partial charge on any atom is 0.269 e. The van der Waals surface area contributed by atoms with Gasteiger partial charge in [0, 0.05) is 30.6 Å². The van der Waals surface area contributed by atoms with Crippen molar-refractivity contribution in [2.45, 2.75) is 4.90 Å². The van der Waals surface area contributed by atoms with E-state index in [1.54, 1.807) is 0 Å². The van der Waals surface area contributed by atoms with Gasteiger partial charge in [0.05, 0.1) is 9.82 Å². The monoisotopic (exact) mass is 406 g/mol. The second kappa shape index (κ2) is 7.87. The molecular formula is C17H15ClN4O4S. The minimum atomic E-state index is -3.76. The molecule has 1 heterocycles. The smallest absolute Gasteiger partial charge is 0.269 e. The number of fused-ring (bicyclic) bond motifs is 1. The van der Waals surface area contributed by atoms with Crippen LogP contribution in [0.3, 0.4) is 0 Å². The fraction of sp³-hybridized carbons (Fsp3) is 0.118. The van der Waals surface area contributed by atoms with Crippen molar-refractivity contribution in [2.75, 3.05) is 18.4 Å². The van der Waals surface area contributed by atoms with E-state index in [-0.39, 0.29) is 23.7 Å². The normalized spacial score (nSPS) is 11.4. The van der Waals surface area contributed by atoms with Gasteiger partial charge in [-0.1, -0.05) is 35.9 Å². The number of benzene rings is 2. The first-order valence-corrected chi connectivity index (χ1v) is 9.76. The van der Waals surface area contributed by atoms with Crippen LogP contribution in [0.2, 0.25) is 5.15 Å². The SMILES string of the molecule is O=[N+]([O-])c1ccc(S(=O)(=O)NCCNc2cc3ccccc3c(Cl)n2)cc1. The minimum absolute atomic E-state index is 0.0417. The van der Waals surface area contributed by atoms with E-state index in [2.05, 4.69) is 15.0 Å². The Bertz CT molecular complexity index is 1090. The zero-order chi connectivity index (χ0) is 19.4. The van der Waals surface area contributed by atoms with Crippen LogP contribution < -0.4 is 10.0 Å². The Kier molecular flexibility index (Phi) is 5.54. The third-order valence-electron chi connectivity index (χ3n) is 3.77. The average molecular weight is 407 g/mol. The molecule has 10 heteroatoms. The molecule has 0 bridgehead atoms. The Morgan fingerprint density at radius 3 is 2.48 bits per heavy atom. The zero-order valence-electron chi connectivity index (χ0n) is 13.9. The lowest BCUT2D eigenvalue weighted by atomic mass is 10.2. The fourth-order valence-electron chi connectivity index (χ4n) is 2.45. The summed E-state index contributed by atoms with van der Waals surface area (Å²) in [6.07, 6.45) is 0. The lowest BCUT2D eigenvalue weighted by Gasteiger charge is -2.10. The molecule has 8 nitrogen and oxygen atoms in total. The minimum Gasteiger partial charge on any atom is -0.369 e. The highest BCUT2D eigenvalue weighted by Gasteiger charge is 2.15. The molecule has 0 atom stereocenters. The number of non-ortho nitro benzene ring substituents is 1. The van der Waals surface area contributed by atoms with Gasteiger partial charge in [0.2, 0.25) is 10.0 Å². The number of nitro groups is 1. The van der Waals surface area contributed by atoms with Crippen LogP contribution in [0.1, 0.15) is 0 Å². The van der Waals surface area contributed by atoms with Crippen molar-refractivity contribution in [3.63, 3.8) is 0 Å². The molecule has 0 aliphatic heterocycles. The summed E-state index contributed by atoms with van der Waals surface area (Å²) in [7, 11) is -3.76. The molecule has 0 unspecified atom stereocenters. The highest BCUT2D eigenvalue weighted by atomic mass is 35.5. The molecule has 0 aliphatic carbocycles. The number of rotatable bonds is 7. The van der Waals surface area contributed by atoms with Crippen LogP contribution in [0, 0.1) is 10.1 Å². The number of hydrogen-bond donors (Lipinski definition) is 2. The Labute approximate surface area is 160 Å². The Morgan fingerprint density at radius 1 is 1.07 bits per heavy atom. The largest absolute Gasteiger partial charge is 0.369 e. The summed E-state index contributed by atoms with van der Waals surface area (Å²) >= 11 is 6.15. The molecule has 0 spiro atoms. The van der Waals surface area contributed by atoms with Gasteiger partial charge in [0.1, 0.15) is 11.0 Å². The van der Waals surface area contributed by atoms with Gasteiger partial charge in [-0.25, -0.2) is 18.1 Å². The van der Waals surface area contributed by atoms with Gasteiger partial charge in [-0.05, 0) is 23.6 Å². The van der Waals surface area contributed by atoms with E-state index in [0.29, 0.717) is 11.0 Å². The van der Waals surface area contributed by atoms with Crippen molar-refractivity contribution in [3.05, 3.63) is 69.9 Å². The number of anilines is 1. The molecule has 3 aromatic rings. The molecule has 2 aromatic carbocycles. The molecule has 0 fully saturated rings. The summed E-state index contributed by atoms with van der Waals surface area (Å²) < 4.78 is 26.8. The van der Waals surface area contributed by atoms with Gasteiger partial charge in [-0.2, -0.15) is 0 Å². The molecule has 3 rings (SSSR count). The maximum atomic E-state index is 12.2. The predicted molar refractivity (Wildman–Crippen MR) is 104 cm³/mol. The highest BCUT2D eigenvalue weighted by molar-refractivity contribution is 7.89. The third-order valence-corrected chi connectivity index (χ3v) is 5.54. The van der Waals surface area contributed by atoms with Gasteiger partial charge in [0.25, 0.3) is 5.69 Å². The van der Waals surface area contributed by atoms with E-state index < -0.39 is 14.9 Å². The summed E-state index contributed by atoms with van der Waals surface area (Å²) in [4.78, 5) is 14.2. The van der Waals surface area contributed by atoms with Crippen molar-refractivity contribution in [3.8, 4) is 0 Å². The third kappa shape index (κ3) is 4.51. The van der Waals surface area contributed by atoms with Crippen LogP contribution >= 0.6 is 11.6 Å². The van der Waals surface area contributed by atoms with Gasteiger partial charge in [-0.3, -0.25) is 10.1 Å². The van der Waals surface area contributed by atoms with Crippen LogP contribution in [0.15, 0.2) is 59.5 Å². The molecule has 140 valence electrons. The summed E-state index contributed by atoms with van der Waals surface area (Å²) in [5.74, 6) is 0.535. The maximum absolute atomic E-state index is 12.2. The number of nitrogens with zero attached hydrogens (tertiary/aromatic N) is 2. The summed E-state index contributed by atoms with van der Waals surface area (Å²) in [5.41, 5.74) is -0.171. The molecule has 0 saturated carbocycles. The molecule has 0 aliphatic rings. The first kappa shape index (κ1) is 19.0. The van der Waals surface area contributed by atoms with E-state index >= 15 is 0 Å². The molecule has 0 amide bonds. The van der Waals surface area contributed by atoms with E-state index in [1.165, 1.54) is 12.1 Å². The van der Waals surface area contributed by atoms with Crippen molar-refractivity contribution >= 4 is 43.9 Å². The van der Waals surface area contributed by atoms with Crippen molar-refractivity contribution in [1.29, 1.82) is 0 Å². The predicted octanol–water partition coefficient (Wildman–Crippen LogP) is 3.19. The van der Waals surface area contributed by atoms with E-state index in [1.807, 2.05) is 30.3 Å². The molecule has 27 heavy (non-hydrogen) atoms. The Hall–Kier alpha value is -2.75. The molecular weight excluding hydrogens is 392 g/mol. The number of hydrogen-bond acceptors (Lipinski definition) is 6. The van der Waals surface area contributed by atoms with Crippen LogP contribution in [0.5, 0.6) is 0 Å². The number of nitro benzene ring substituents is 1. The van der Waals surface area contributed by atoms with Crippen molar-refractivity contribution in [2.24, 2.45) is 0 Å². The first-order valence-electron chi connectivity index (χ1n) is 7.90. The summed E-state index contributed by atoms with van der Waals surface area (Å²) in [6, 6.07) is 14.0. The summed E-state index contributed by atoms with van der Waals surface area (Å²) in [6.45, 7) is 0.388. The number of aromatic nitrogens is 1. The lowest BCUT2D eigenvalue weighted by molar-refractivity contribution is -0.384. The average Bonchev–Trinajstić information content (AvgIpc) is 2.65. The summed E-state index contributed by atoms with van der Waals surface area (Å²) in [5, 5.41) is 15.8. The van der Waals surface area contributed by atoms with Crippen LogP contribution in [0.25, 0.3) is 10.8 Å². The number of nitrogens with one attached hydrogen (secondary N) is 2. The van der Waals surface area contributed by atoms with Crippen molar-refractivity contribution in [1.82, 2.24) is 9.71 Å². The van der Waals surface area contributed by atoms with Gasteiger partial charge in [0.15, 0.2) is 0 Å². The van der Waals surface area contributed by atoms with Crippen molar-refractivity contribution < 1.29 is 13.3 Å². The lowest BCUT2D eigenvalue weighted by Crippen LogP contribution is -2.29.